The van der Waals surface area contributed by atoms with Gasteiger partial charge in [0.15, 0.2) is 0 Å². The molecule has 100 valence electrons. The van der Waals surface area contributed by atoms with Crippen molar-refractivity contribution in [2.45, 2.75) is 24.7 Å². The largest absolute Gasteiger partial charge is 0.494 e. The van der Waals surface area contributed by atoms with E-state index in [0.717, 1.165) is 35.8 Å². The minimum Gasteiger partial charge on any atom is -0.494 e. The van der Waals surface area contributed by atoms with Gasteiger partial charge in [-0.3, -0.25) is 0 Å². The molecule has 0 spiro atoms. The van der Waals surface area contributed by atoms with Gasteiger partial charge in [0.1, 0.15) is 5.75 Å². The highest BCUT2D eigenvalue weighted by molar-refractivity contribution is 8.06. The molecule has 1 N–H and O–H groups in total. The highest BCUT2D eigenvalue weighted by Crippen LogP contribution is 2.33. The maximum absolute atomic E-state index is 10.3. The summed E-state index contributed by atoms with van der Waals surface area (Å²) in [7, 11) is 0. The SMILES string of the molecule is CCCOc1ccc(C(O)C2CSCCS2)cc1. The fourth-order valence-electron chi connectivity index (χ4n) is 1.88. The first-order valence-electron chi connectivity index (χ1n) is 6.41. The number of aliphatic hydroxyl groups is 1. The van der Waals surface area contributed by atoms with E-state index in [1.165, 1.54) is 5.75 Å². The van der Waals surface area contributed by atoms with Crippen LogP contribution in [0.5, 0.6) is 5.75 Å². The van der Waals surface area contributed by atoms with Gasteiger partial charge in [-0.05, 0) is 24.1 Å². The molecule has 2 rings (SSSR count). The van der Waals surface area contributed by atoms with Crippen LogP contribution in [0.4, 0.5) is 0 Å². The zero-order valence-corrected chi connectivity index (χ0v) is 12.3. The van der Waals surface area contributed by atoms with Gasteiger partial charge in [-0.25, -0.2) is 0 Å². The zero-order chi connectivity index (χ0) is 12.8. The van der Waals surface area contributed by atoms with Crippen molar-refractivity contribution in [2.75, 3.05) is 23.9 Å². The molecule has 1 aromatic carbocycles. The Bertz CT molecular complexity index is 347. The first-order valence-corrected chi connectivity index (χ1v) is 8.61. The molecule has 1 aliphatic rings. The number of thioether (sulfide) groups is 2. The molecule has 1 aromatic rings. The molecule has 0 saturated carbocycles. The van der Waals surface area contributed by atoms with Crippen molar-refractivity contribution in [1.29, 1.82) is 0 Å². The van der Waals surface area contributed by atoms with Crippen LogP contribution in [-0.2, 0) is 0 Å². The predicted octanol–water partition coefficient (Wildman–Crippen LogP) is 3.36. The number of ether oxygens (including phenoxy) is 1. The second-order valence-electron chi connectivity index (χ2n) is 4.35. The normalized spacial score (nSPS) is 21.6. The van der Waals surface area contributed by atoms with Crippen molar-refractivity contribution in [3.05, 3.63) is 29.8 Å². The van der Waals surface area contributed by atoms with Gasteiger partial charge in [0.05, 0.1) is 12.7 Å². The van der Waals surface area contributed by atoms with E-state index < -0.39 is 0 Å². The summed E-state index contributed by atoms with van der Waals surface area (Å²) in [6.45, 7) is 2.84. The van der Waals surface area contributed by atoms with Gasteiger partial charge in [0, 0.05) is 22.5 Å². The lowest BCUT2D eigenvalue weighted by molar-refractivity contribution is 0.180. The van der Waals surface area contributed by atoms with Gasteiger partial charge in [0.25, 0.3) is 0 Å². The molecule has 4 heteroatoms. The molecule has 1 aliphatic heterocycles. The summed E-state index contributed by atoms with van der Waals surface area (Å²) in [4.78, 5) is 0. The lowest BCUT2D eigenvalue weighted by Gasteiger charge is -2.26. The topological polar surface area (TPSA) is 29.5 Å². The molecule has 18 heavy (non-hydrogen) atoms. The lowest BCUT2D eigenvalue weighted by atomic mass is 10.1. The Labute approximate surface area is 117 Å². The Morgan fingerprint density at radius 2 is 2.11 bits per heavy atom. The van der Waals surface area contributed by atoms with Crippen LogP contribution in [0.2, 0.25) is 0 Å². The fraction of sp³-hybridized carbons (Fsp3) is 0.571. The van der Waals surface area contributed by atoms with Crippen molar-refractivity contribution in [1.82, 2.24) is 0 Å². The van der Waals surface area contributed by atoms with Gasteiger partial charge >= 0.3 is 0 Å². The van der Waals surface area contributed by atoms with E-state index in [4.69, 9.17) is 4.74 Å². The van der Waals surface area contributed by atoms with Gasteiger partial charge < -0.3 is 9.84 Å². The Morgan fingerprint density at radius 3 is 2.72 bits per heavy atom. The molecule has 0 radical (unpaired) electrons. The van der Waals surface area contributed by atoms with Crippen molar-refractivity contribution in [2.24, 2.45) is 0 Å². The van der Waals surface area contributed by atoms with Crippen LogP contribution >= 0.6 is 23.5 Å². The molecule has 1 heterocycles. The smallest absolute Gasteiger partial charge is 0.119 e. The predicted molar refractivity (Wildman–Crippen MR) is 80.8 cm³/mol. The summed E-state index contributed by atoms with van der Waals surface area (Å²) in [6.07, 6.45) is 0.656. The highest BCUT2D eigenvalue weighted by atomic mass is 32.2. The van der Waals surface area contributed by atoms with Crippen molar-refractivity contribution >= 4 is 23.5 Å². The molecular weight excluding hydrogens is 264 g/mol. The van der Waals surface area contributed by atoms with E-state index in [-0.39, 0.29) is 6.10 Å². The van der Waals surface area contributed by atoms with E-state index in [1.54, 1.807) is 0 Å². The third-order valence-corrected chi connectivity index (χ3v) is 5.74. The molecular formula is C14H20O2S2. The summed E-state index contributed by atoms with van der Waals surface area (Å²) in [5, 5.41) is 10.7. The lowest BCUT2D eigenvalue weighted by Crippen LogP contribution is -2.22. The summed E-state index contributed by atoms with van der Waals surface area (Å²) in [5.74, 6) is 4.28. The van der Waals surface area contributed by atoms with Gasteiger partial charge in [0.2, 0.25) is 0 Å². The second-order valence-corrected chi connectivity index (χ2v) is 6.84. The van der Waals surface area contributed by atoms with Crippen LogP contribution < -0.4 is 4.74 Å². The van der Waals surface area contributed by atoms with Crippen LogP contribution in [0.3, 0.4) is 0 Å². The van der Waals surface area contributed by atoms with E-state index in [9.17, 15) is 5.11 Å². The molecule has 0 aromatic heterocycles. The molecule has 2 atom stereocenters. The standard InChI is InChI=1S/C14H20O2S2/c1-2-7-16-12-5-3-11(4-6-12)14(15)13-10-17-8-9-18-13/h3-6,13-15H,2,7-10H2,1H3. The average Bonchev–Trinajstić information content (AvgIpc) is 2.46. The number of rotatable bonds is 5. The molecule has 2 nitrogen and oxygen atoms in total. The van der Waals surface area contributed by atoms with Crippen molar-refractivity contribution < 1.29 is 9.84 Å². The first-order chi connectivity index (χ1) is 8.81. The number of hydrogen-bond acceptors (Lipinski definition) is 4. The van der Waals surface area contributed by atoms with Crippen LogP contribution in [-0.4, -0.2) is 34.2 Å². The number of hydrogen-bond donors (Lipinski definition) is 1. The van der Waals surface area contributed by atoms with Crippen LogP contribution in [0.1, 0.15) is 25.0 Å². The maximum Gasteiger partial charge on any atom is 0.119 e. The Hall–Kier alpha value is -0.320. The van der Waals surface area contributed by atoms with Crippen LogP contribution in [0.15, 0.2) is 24.3 Å². The number of benzene rings is 1. The Morgan fingerprint density at radius 1 is 1.33 bits per heavy atom. The molecule has 0 amide bonds. The molecule has 0 aliphatic carbocycles. The Kier molecular flexibility index (Phi) is 5.73. The van der Waals surface area contributed by atoms with Crippen molar-refractivity contribution in [3.63, 3.8) is 0 Å². The fourth-order valence-corrected chi connectivity index (χ4v) is 4.64. The highest BCUT2D eigenvalue weighted by Gasteiger charge is 2.23. The van der Waals surface area contributed by atoms with E-state index >= 15 is 0 Å². The van der Waals surface area contributed by atoms with E-state index in [0.29, 0.717) is 5.25 Å². The Balaban J connectivity index is 1.95. The van der Waals surface area contributed by atoms with Gasteiger partial charge in [-0.15, -0.1) is 0 Å². The van der Waals surface area contributed by atoms with Crippen molar-refractivity contribution in [3.8, 4) is 5.75 Å². The maximum atomic E-state index is 10.3. The summed E-state index contributed by atoms with van der Waals surface area (Å²) in [5.41, 5.74) is 0.999. The molecule has 1 fully saturated rings. The van der Waals surface area contributed by atoms with E-state index in [2.05, 4.69) is 6.92 Å². The third kappa shape index (κ3) is 3.84. The zero-order valence-electron chi connectivity index (χ0n) is 10.7. The average molecular weight is 284 g/mol. The summed E-state index contributed by atoms with van der Waals surface area (Å²) < 4.78 is 5.54. The van der Waals surface area contributed by atoms with Crippen LogP contribution in [0.25, 0.3) is 0 Å². The second kappa shape index (κ2) is 7.31. The van der Waals surface area contributed by atoms with Gasteiger partial charge in [-0.2, -0.15) is 23.5 Å². The minimum atomic E-state index is -0.358. The van der Waals surface area contributed by atoms with E-state index in [1.807, 2.05) is 47.8 Å². The summed E-state index contributed by atoms with van der Waals surface area (Å²) in [6, 6.07) is 7.87. The minimum absolute atomic E-state index is 0.325. The van der Waals surface area contributed by atoms with Crippen LogP contribution in [0, 0.1) is 0 Å². The molecule has 0 bridgehead atoms. The van der Waals surface area contributed by atoms with Gasteiger partial charge in [-0.1, -0.05) is 19.1 Å². The monoisotopic (exact) mass is 284 g/mol. The number of aliphatic hydroxyl groups excluding tert-OH is 1. The first kappa shape index (κ1) is 14.1. The molecule has 1 saturated heterocycles. The quantitative estimate of drug-likeness (QED) is 0.898. The molecule has 2 unspecified atom stereocenters. The third-order valence-electron chi connectivity index (χ3n) is 2.89. The summed E-state index contributed by atoms with van der Waals surface area (Å²) >= 11 is 3.82.